The Morgan fingerprint density at radius 1 is 1.12 bits per heavy atom. The lowest BCUT2D eigenvalue weighted by atomic mass is 9.74. The fourth-order valence-electron chi connectivity index (χ4n) is 5.18. The van der Waals surface area contributed by atoms with E-state index in [-0.39, 0.29) is 5.91 Å². The van der Waals surface area contributed by atoms with Crippen LogP contribution in [0.2, 0.25) is 0 Å². The van der Waals surface area contributed by atoms with E-state index in [1.807, 2.05) is 49.4 Å². The molecule has 164 valence electrons. The van der Waals surface area contributed by atoms with Crippen LogP contribution in [0.1, 0.15) is 40.6 Å². The second-order valence-electron chi connectivity index (χ2n) is 8.82. The predicted molar refractivity (Wildman–Crippen MR) is 130 cm³/mol. The normalized spacial score (nSPS) is 24.3. The monoisotopic (exact) mass is 490 g/mol. The zero-order chi connectivity index (χ0) is 22.1. The van der Waals surface area contributed by atoms with Gasteiger partial charge in [0.2, 0.25) is 0 Å². The number of benzene rings is 2. The number of hydrogen-bond acceptors (Lipinski definition) is 4. The number of carbonyl (C=O) groups is 1. The Bertz CT molecular complexity index is 1120. The van der Waals surface area contributed by atoms with Crippen LogP contribution in [-0.4, -0.2) is 46.5 Å². The first-order chi connectivity index (χ1) is 15.6. The minimum Gasteiger partial charge on any atom is -0.350 e. The number of rotatable bonds is 5. The van der Waals surface area contributed by atoms with Crippen molar-refractivity contribution in [3.8, 4) is 11.3 Å². The largest absolute Gasteiger partial charge is 0.350 e. The van der Waals surface area contributed by atoms with E-state index in [9.17, 15) is 4.79 Å². The number of aryl methyl sites for hydroxylation is 1. The van der Waals surface area contributed by atoms with Crippen molar-refractivity contribution in [3.63, 3.8) is 0 Å². The van der Waals surface area contributed by atoms with Gasteiger partial charge in [-0.05, 0) is 56.5 Å². The maximum atomic E-state index is 12.5. The summed E-state index contributed by atoms with van der Waals surface area (Å²) in [6, 6.07) is 20.2. The third-order valence-corrected chi connectivity index (χ3v) is 7.49. The molecule has 4 heterocycles. The molecule has 32 heavy (non-hydrogen) atoms. The van der Waals surface area contributed by atoms with Crippen molar-refractivity contribution in [1.29, 1.82) is 0 Å². The molecule has 1 aromatic heterocycles. The van der Waals surface area contributed by atoms with Crippen molar-refractivity contribution < 1.29 is 4.79 Å². The van der Waals surface area contributed by atoms with Gasteiger partial charge in [0.1, 0.15) is 5.82 Å². The Balaban J connectivity index is 1.30. The summed E-state index contributed by atoms with van der Waals surface area (Å²) in [6.07, 6.45) is 2.27. The highest BCUT2D eigenvalue weighted by molar-refractivity contribution is 9.10. The van der Waals surface area contributed by atoms with E-state index >= 15 is 0 Å². The smallest absolute Gasteiger partial charge is 0.251 e. The number of aromatic nitrogens is 2. The number of nitrogens with one attached hydrogen (secondary N) is 1. The van der Waals surface area contributed by atoms with E-state index in [1.165, 1.54) is 6.42 Å². The van der Waals surface area contributed by atoms with Gasteiger partial charge in [-0.1, -0.05) is 52.3 Å². The standard InChI is InChI=1S/C26H27BrN4O/c1-17-29-24(21-9-5-6-10-23(21)27)14-25(30-17)22-16-31-12-11-19(22)13-20(31)15-28-26(32)18-7-3-2-4-8-18/h2-10,14,19-20,22H,11-13,15-16H2,1H3,(H,28,32). The van der Waals surface area contributed by atoms with Crippen molar-refractivity contribution in [2.24, 2.45) is 5.92 Å². The van der Waals surface area contributed by atoms with Gasteiger partial charge in [0.05, 0.1) is 5.69 Å². The van der Waals surface area contributed by atoms with Crippen molar-refractivity contribution in [3.05, 3.63) is 82.2 Å². The van der Waals surface area contributed by atoms with Crippen molar-refractivity contribution in [2.45, 2.75) is 31.7 Å². The van der Waals surface area contributed by atoms with Crippen molar-refractivity contribution >= 4 is 21.8 Å². The van der Waals surface area contributed by atoms with Gasteiger partial charge in [-0.2, -0.15) is 0 Å². The van der Waals surface area contributed by atoms with Crippen LogP contribution in [0.3, 0.4) is 0 Å². The summed E-state index contributed by atoms with van der Waals surface area (Å²) in [7, 11) is 0. The lowest BCUT2D eigenvalue weighted by Gasteiger charge is -2.49. The van der Waals surface area contributed by atoms with Crippen LogP contribution in [0, 0.1) is 12.8 Å². The van der Waals surface area contributed by atoms with Crippen LogP contribution in [0.25, 0.3) is 11.3 Å². The quantitative estimate of drug-likeness (QED) is 0.556. The predicted octanol–water partition coefficient (Wildman–Crippen LogP) is 4.82. The zero-order valence-corrected chi connectivity index (χ0v) is 19.8. The molecule has 3 fully saturated rings. The van der Waals surface area contributed by atoms with E-state index in [2.05, 4.69) is 44.3 Å². The maximum absolute atomic E-state index is 12.5. The number of halogens is 1. The second kappa shape index (κ2) is 9.12. The maximum Gasteiger partial charge on any atom is 0.251 e. The molecule has 0 radical (unpaired) electrons. The van der Waals surface area contributed by atoms with Gasteiger partial charge in [-0.25, -0.2) is 9.97 Å². The Morgan fingerprint density at radius 2 is 1.91 bits per heavy atom. The second-order valence-corrected chi connectivity index (χ2v) is 9.68. The minimum absolute atomic E-state index is 0.00861. The molecular weight excluding hydrogens is 464 g/mol. The summed E-state index contributed by atoms with van der Waals surface area (Å²) in [4.78, 5) is 24.6. The molecule has 2 aromatic carbocycles. The summed E-state index contributed by atoms with van der Waals surface area (Å²) in [5.74, 6) is 1.82. The highest BCUT2D eigenvalue weighted by Gasteiger charge is 2.41. The highest BCUT2D eigenvalue weighted by Crippen LogP contribution is 2.42. The summed E-state index contributed by atoms with van der Waals surface area (Å²) in [5, 5.41) is 3.14. The van der Waals surface area contributed by atoms with Gasteiger partial charge in [-0.3, -0.25) is 9.69 Å². The summed E-state index contributed by atoms with van der Waals surface area (Å²) >= 11 is 3.66. The number of nitrogens with zero attached hydrogens (tertiary/aromatic N) is 3. The van der Waals surface area contributed by atoms with Gasteiger partial charge in [-0.15, -0.1) is 0 Å². The zero-order valence-electron chi connectivity index (χ0n) is 18.2. The van der Waals surface area contributed by atoms with Gasteiger partial charge in [0.15, 0.2) is 0 Å². The lowest BCUT2D eigenvalue weighted by molar-refractivity contribution is 0.0290. The molecule has 0 spiro atoms. The van der Waals surface area contributed by atoms with Crippen LogP contribution < -0.4 is 5.32 Å². The van der Waals surface area contributed by atoms with E-state index < -0.39 is 0 Å². The highest BCUT2D eigenvalue weighted by atomic mass is 79.9. The van der Waals surface area contributed by atoms with Crippen LogP contribution >= 0.6 is 15.9 Å². The molecular formula is C26H27BrN4O. The number of hydrogen-bond donors (Lipinski definition) is 1. The van der Waals surface area contributed by atoms with Crippen molar-refractivity contribution in [1.82, 2.24) is 20.2 Å². The molecule has 3 saturated heterocycles. The van der Waals surface area contributed by atoms with Crippen LogP contribution in [0.5, 0.6) is 0 Å². The van der Waals surface area contributed by atoms with Gasteiger partial charge >= 0.3 is 0 Å². The SMILES string of the molecule is Cc1nc(-c2ccccc2Br)cc(C2CN3CCC2CC3CNC(=O)c2ccccc2)n1. The van der Waals surface area contributed by atoms with Gasteiger partial charge in [0.25, 0.3) is 5.91 Å². The van der Waals surface area contributed by atoms with E-state index in [0.717, 1.165) is 52.3 Å². The minimum atomic E-state index is 0.00861. The molecule has 0 aliphatic carbocycles. The van der Waals surface area contributed by atoms with Crippen LogP contribution in [0.4, 0.5) is 0 Å². The average molecular weight is 491 g/mol. The third kappa shape index (κ3) is 4.34. The molecule has 0 saturated carbocycles. The molecule has 4 atom stereocenters. The van der Waals surface area contributed by atoms with Gasteiger partial charge < -0.3 is 5.32 Å². The first kappa shape index (κ1) is 21.3. The number of carbonyl (C=O) groups excluding carboxylic acids is 1. The number of fused-ring (bicyclic) bond motifs is 3. The van der Waals surface area contributed by atoms with E-state index in [4.69, 9.17) is 9.97 Å². The molecule has 6 rings (SSSR count). The Hall–Kier alpha value is -2.57. The summed E-state index contributed by atoms with van der Waals surface area (Å²) < 4.78 is 1.05. The molecule has 4 unspecified atom stereocenters. The van der Waals surface area contributed by atoms with Crippen LogP contribution in [-0.2, 0) is 0 Å². The first-order valence-electron chi connectivity index (χ1n) is 11.3. The molecule has 1 amide bonds. The Kier molecular flexibility index (Phi) is 6.07. The van der Waals surface area contributed by atoms with E-state index in [1.54, 1.807) is 0 Å². The molecule has 3 aliphatic rings. The number of piperidine rings is 3. The molecule has 5 nitrogen and oxygen atoms in total. The Morgan fingerprint density at radius 3 is 2.66 bits per heavy atom. The topological polar surface area (TPSA) is 58.1 Å². The lowest BCUT2D eigenvalue weighted by Crippen LogP contribution is -2.56. The first-order valence-corrected chi connectivity index (χ1v) is 12.1. The molecule has 6 heteroatoms. The van der Waals surface area contributed by atoms with E-state index in [0.29, 0.717) is 24.4 Å². The van der Waals surface area contributed by atoms with Crippen molar-refractivity contribution in [2.75, 3.05) is 19.6 Å². The summed E-state index contributed by atoms with van der Waals surface area (Å²) in [5.41, 5.74) is 3.94. The average Bonchev–Trinajstić information content (AvgIpc) is 2.83. The third-order valence-electron chi connectivity index (χ3n) is 6.80. The molecule has 3 aromatic rings. The fraction of sp³-hybridized carbons (Fsp3) is 0.346. The van der Waals surface area contributed by atoms with Gasteiger partial charge in [0, 0.05) is 46.3 Å². The van der Waals surface area contributed by atoms with Crippen LogP contribution in [0.15, 0.2) is 65.1 Å². The molecule has 3 aliphatic heterocycles. The molecule has 2 bridgehead atoms. The Labute approximate surface area is 197 Å². The molecule has 1 N–H and O–H groups in total. The number of amides is 1. The summed E-state index contributed by atoms with van der Waals surface area (Å²) in [6.45, 7) is 4.76. The fourth-order valence-corrected chi connectivity index (χ4v) is 5.66.